The fourth-order valence-corrected chi connectivity index (χ4v) is 1.77. The Morgan fingerprint density at radius 1 is 1.23 bits per heavy atom. The molecule has 0 aliphatic heterocycles. The molecule has 0 heterocycles. The zero-order valence-corrected chi connectivity index (χ0v) is 10.6. The Bertz CT molecular complexity index is 319. The van der Waals surface area contributed by atoms with Gasteiger partial charge in [0.1, 0.15) is 8.07 Å². The molecule has 0 aliphatic rings. The summed E-state index contributed by atoms with van der Waals surface area (Å²) in [6, 6.07) is 10.1. The van der Waals surface area contributed by atoms with Crippen LogP contribution in [0, 0.1) is 11.5 Å². The standard InChI is InChI=1S/C11H13BrSi/c1-13(2,10-12)9-8-11-6-4-3-5-7-11/h3-7H,10H2,1-2H3. The highest BCUT2D eigenvalue weighted by Crippen LogP contribution is 2.04. The number of alkyl halides is 1. The van der Waals surface area contributed by atoms with E-state index in [9.17, 15) is 0 Å². The van der Waals surface area contributed by atoms with Crippen molar-refractivity contribution in [3.8, 4) is 11.5 Å². The maximum absolute atomic E-state index is 3.50. The van der Waals surface area contributed by atoms with E-state index in [2.05, 4.69) is 40.5 Å². The van der Waals surface area contributed by atoms with Crippen LogP contribution in [0.4, 0.5) is 0 Å². The lowest BCUT2D eigenvalue weighted by molar-refractivity contribution is 1.65. The topological polar surface area (TPSA) is 0 Å². The summed E-state index contributed by atoms with van der Waals surface area (Å²) >= 11 is 3.50. The molecule has 0 nitrogen and oxygen atoms in total. The van der Waals surface area contributed by atoms with Gasteiger partial charge in [-0.3, -0.25) is 0 Å². The van der Waals surface area contributed by atoms with E-state index in [1.165, 1.54) is 0 Å². The smallest absolute Gasteiger partial charge is 0.126 e. The minimum absolute atomic E-state index is 1.04. The minimum Gasteiger partial charge on any atom is -0.126 e. The third-order valence-corrected chi connectivity index (χ3v) is 7.33. The summed E-state index contributed by atoms with van der Waals surface area (Å²) in [5, 5.41) is 0. The summed E-state index contributed by atoms with van der Waals surface area (Å²) in [7, 11) is -1.30. The molecule has 1 aromatic carbocycles. The second-order valence-corrected chi connectivity index (χ2v) is 9.60. The van der Waals surface area contributed by atoms with Crippen molar-refractivity contribution in [2.24, 2.45) is 0 Å². The van der Waals surface area contributed by atoms with Crippen molar-refractivity contribution in [3.05, 3.63) is 35.9 Å². The highest BCUT2D eigenvalue weighted by atomic mass is 79.9. The zero-order valence-electron chi connectivity index (χ0n) is 7.97. The lowest BCUT2D eigenvalue weighted by Crippen LogP contribution is -2.25. The Kier molecular flexibility index (Phi) is 3.77. The SMILES string of the molecule is C[Si](C)(C#Cc1ccccc1)CBr. The molecule has 0 amide bonds. The second-order valence-electron chi connectivity index (χ2n) is 3.63. The van der Waals surface area contributed by atoms with E-state index in [0.29, 0.717) is 0 Å². The van der Waals surface area contributed by atoms with Crippen molar-refractivity contribution in [2.75, 3.05) is 4.95 Å². The molecule has 0 unspecified atom stereocenters. The first-order valence-corrected chi connectivity index (χ1v) is 8.61. The first-order valence-electron chi connectivity index (χ1n) is 4.28. The van der Waals surface area contributed by atoms with Crippen molar-refractivity contribution in [1.29, 1.82) is 0 Å². The van der Waals surface area contributed by atoms with Crippen LogP contribution in [0.15, 0.2) is 30.3 Å². The lowest BCUT2D eigenvalue weighted by atomic mass is 10.2. The molecule has 0 bridgehead atoms. The van der Waals surface area contributed by atoms with Gasteiger partial charge in [-0.1, -0.05) is 53.1 Å². The van der Waals surface area contributed by atoms with E-state index in [-0.39, 0.29) is 0 Å². The normalized spacial score (nSPS) is 10.4. The van der Waals surface area contributed by atoms with Crippen LogP contribution >= 0.6 is 15.9 Å². The lowest BCUT2D eigenvalue weighted by Gasteiger charge is -2.08. The van der Waals surface area contributed by atoms with Crippen LogP contribution in [-0.2, 0) is 0 Å². The number of rotatable bonds is 1. The molecule has 0 atom stereocenters. The Balaban J connectivity index is 2.79. The van der Waals surface area contributed by atoms with Gasteiger partial charge in [-0.15, -0.1) is 5.54 Å². The van der Waals surface area contributed by atoms with Crippen molar-refractivity contribution >= 4 is 24.0 Å². The quantitative estimate of drug-likeness (QED) is 0.409. The molecule has 0 aliphatic carbocycles. The molecule has 0 saturated heterocycles. The van der Waals surface area contributed by atoms with Crippen LogP contribution in [0.5, 0.6) is 0 Å². The Morgan fingerprint density at radius 3 is 2.38 bits per heavy atom. The molecule has 0 fully saturated rings. The Morgan fingerprint density at radius 2 is 1.85 bits per heavy atom. The average Bonchev–Trinajstić information content (AvgIpc) is 2.17. The largest absolute Gasteiger partial charge is 0.143 e. The molecule has 0 aromatic heterocycles. The van der Waals surface area contributed by atoms with Gasteiger partial charge in [0, 0.05) is 10.5 Å². The molecular formula is C11H13BrSi. The van der Waals surface area contributed by atoms with Crippen LogP contribution in [0.2, 0.25) is 13.1 Å². The summed E-state index contributed by atoms with van der Waals surface area (Å²) in [4.78, 5) is 1.04. The van der Waals surface area contributed by atoms with Crippen LogP contribution < -0.4 is 0 Å². The van der Waals surface area contributed by atoms with Crippen LogP contribution in [-0.4, -0.2) is 13.0 Å². The van der Waals surface area contributed by atoms with Gasteiger partial charge in [-0.2, -0.15) is 0 Å². The average molecular weight is 253 g/mol. The summed E-state index contributed by atoms with van der Waals surface area (Å²) < 4.78 is 0. The van der Waals surface area contributed by atoms with Crippen molar-refractivity contribution in [1.82, 2.24) is 0 Å². The first-order chi connectivity index (χ1) is 6.14. The van der Waals surface area contributed by atoms with Crippen LogP contribution in [0.1, 0.15) is 5.56 Å². The molecule has 0 N–H and O–H groups in total. The molecule has 13 heavy (non-hydrogen) atoms. The third kappa shape index (κ3) is 3.80. The Hall–Kier alpha value is -0.523. The highest BCUT2D eigenvalue weighted by molar-refractivity contribution is 9.09. The van der Waals surface area contributed by atoms with Crippen molar-refractivity contribution < 1.29 is 0 Å². The van der Waals surface area contributed by atoms with Gasteiger partial charge in [0.2, 0.25) is 0 Å². The van der Waals surface area contributed by atoms with E-state index in [0.717, 1.165) is 10.5 Å². The third-order valence-electron chi connectivity index (χ3n) is 1.65. The number of hydrogen-bond acceptors (Lipinski definition) is 0. The molecule has 0 radical (unpaired) electrons. The Labute approximate surface area is 89.5 Å². The fraction of sp³-hybridized carbons (Fsp3) is 0.273. The highest BCUT2D eigenvalue weighted by Gasteiger charge is 2.14. The van der Waals surface area contributed by atoms with E-state index in [1.54, 1.807) is 0 Å². The van der Waals surface area contributed by atoms with Gasteiger partial charge in [-0.25, -0.2) is 0 Å². The van der Waals surface area contributed by atoms with Crippen LogP contribution in [0.3, 0.4) is 0 Å². The molecule has 1 aromatic rings. The molecule has 68 valence electrons. The molecule has 1 rings (SSSR count). The minimum atomic E-state index is -1.30. The van der Waals surface area contributed by atoms with E-state index in [1.807, 2.05) is 30.3 Å². The second kappa shape index (κ2) is 4.64. The predicted molar refractivity (Wildman–Crippen MR) is 64.6 cm³/mol. The van der Waals surface area contributed by atoms with E-state index >= 15 is 0 Å². The van der Waals surface area contributed by atoms with Crippen LogP contribution in [0.25, 0.3) is 0 Å². The maximum atomic E-state index is 3.50. The molecule has 0 spiro atoms. The van der Waals surface area contributed by atoms with Gasteiger partial charge >= 0.3 is 0 Å². The van der Waals surface area contributed by atoms with Gasteiger partial charge in [0.05, 0.1) is 0 Å². The summed E-state index contributed by atoms with van der Waals surface area (Å²) in [6.45, 7) is 4.52. The van der Waals surface area contributed by atoms with Crippen molar-refractivity contribution in [2.45, 2.75) is 13.1 Å². The van der Waals surface area contributed by atoms with Gasteiger partial charge in [-0.05, 0) is 12.1 Å². The number of hydrogen-bond donors (Lipinski definition) is 0. The maximum Gasteiger partial charge on any atom is 0.143 e. The summed E-state index contributed by atoms with van der Waals surface area (Å²) in [6.07, 6.45) is 0. The number of halogens is 1. The number of benzene rings is 1. The molecule has 2 heteroatoms. The van der Waals surface area contributed by atoms with E-state index in [4.69, 9.17) is 0 Å². The van der Waals surface area contributed by atoms with Gasteiger partial charge < -0.3 is 0 Å². The van der Waals surface area contributed by atoms with Crippen molar-refractivity contribution in [3.63, 3.8) is 0 Å². The predicted octanol–water partition coefficient (Wildman–Crippen LogP) is 3.22. The molecule has 0 saturated carbocycles. The van der Waals surface area contributed by atoms with Gasteiger partial charge in [0.25, 0.3) is 0 Å². The zero-order chi connectivity index (χ0) is 9.73. The fourth-order valence-electron chi connectivity index (χ4n) is 0.796. The monoisotopic (exact) mass is 252 g/mol. The molecular weight excluding hydrogens is 240 g/mol. The summed E-state index contributed by atoms with van der Waals surface area (Å²) in [5.74, 6) is 3.22. The van der Waals surface area contributed by atoms with Gasteiger partial charge in [0.15, 0.2) is 0 Å². The summed E-state index contributed by atoms with van der Waals surface area (Å²) in [5.41, 5.74) is 4.48. The van der Waals surface area contributed by atoms with E-state index < -0.39 is 8.07 Å². The first kappa shape index (κ1) is 10.6.